The van der Waals surface area contributed by atoms with Crippen molar-refractivity contribution in [3.63, 3.8) is 0 Å². The second-order valence-electron chi connectivity index (χ2n) is 8.84. The normalized spacial score (nSPS) is 16.7. The lowest BCUT2D eigenvalue weighted by Gasteiger charge is -2.27. The van der Waals surface area contributed by atoms with E-state index in [0.29, 0.717) is 22.7 Å². The maximum Gasteiger partial charge on any atom is 0.300 e. The standard InChI is InChI=1S/C30H32N2O5/c1-6-31(7-2)22-14-11-20(12-15-22)27-26(28(33)21-13-16-24(36-4)25(18-21)37-5)29(34)30(35)32(27)23-10-8-9-19(3)17-23/h8-18,27,33H,6-7H2,1-5H3/b28-26-. The Kier molecular flexibility index (Phi) is 7.53. The molecule has 7 nitrogen and oxygen atoms in total. The maximum absolute atomic E-state index is 13.4. The maximum atomic E-state index is 13.4. The summed E-state index contributed by atoms with van der Waals surface area (Å²) in [4.78, 5) is 30.5. The van der Waals surface area contributed by atoms with E-state index in [-0.39, 0.29) is 11.3 Å². The van der Waals surface area contributed by atoms with Crippen LogP contribution in [0.1, 0.15) is 36.6 Å². The molecule has 4 rings (SSSR count). The predicted molar refractivity (Wildman–Crippen MR) is 146 cm³/mol. The molecule has 1 amide bonds. The number of benzene rings is 3. The van der Waals surface area contributed by atoms with Gasteiger partial charge in [0.05, 0.1) is 25.8 Å². The molecule has 0 bridgehead atoms. The lowest BCUT2D eigenvalue weighted by molar-refractivity contribution is -0.132. The molecule has 1 fully saturated rings. The molecule has 0 saturated carbocycles. The van der Waals surface area contributed by atoms with Crippen molar-refractivity contribution in [1.82, 2.24) is 0 Å². The van der Waals surface area contributed by atoms with Gasteiger partial charge >= 0.3 is 0 Å². The molecule has 1 aliphatic heterocycles. The summed E-state index contributed by atoms with van der Waals surface area (Å²) in [6.07, 6.45) is 0. The summed E-state index contributed by atoms with van der Waals surface area (Å²) < 4.78 is 10.7. The largest absolute Gasteiger partial charge is 0.507 e. The van der Waals surface area contributed by atoms with Crippen LogP contribution < -0.4 is 19.3 Å². The quantitative estimate of drug-likeness (QED) is 0.251. The molecule has 1 unspecified atom stereocenters. The number of methoxy groups -OCH3 is 2. The summed E-state index contributed by atoms with van der Waals surface area (Å²) in [7, 11) is 3.02. The molecule has 1 atom stereocenters. The van der Waals surface area contributed by atoms with Crippen LogP contribution in [0.15, 0.2) is 72.3 Å². The number of hydrogen-bond donors (Lipinski definition) is 1. The van der Waals surface area contributed by atoms with Crippen LogP contribution in [-0.2, 0) is 9.59 Å². The fourth-order valence-electron chi connectivity index (χ4n) is 4.79. The number of anilines is 2. The number of aliphatic hydroxyl groups is 1. The van der Waals surface area contributed by atoms with Crippen molar-refractivity contribution >= 4 is 28.8 Å². The van der Waals surface area contributed by atoms with E-state index in [1.807, 2.05) is 49.4 Å². The monoisotopic (exact) mass is 500 g/mol. The lowest BCUT2D eigenvalue weighted by Crippen LogP contribution is -2.29. The molecule has 192 valence electrons. The Morgan fingerprint density at radius 2 is 1.59 bits per heavy atom. The number of aliphatic hydroxyl groups excluding tert-OH is 1. The van der Waals surface area contributed by atoms with Gasteiger partial charge in [0.25, 0.3) is 11.7 Å². The van der Waals surface area contributed by atoms with E-state index in [9.17, 15) is 14.7 Å². The van der Waals surface area contributed by atoms with Gasteiger partial charge in [0.15, 0.2) is 11.5 Å². The third-order valence-corrected chi connectivity index (χ3v) is 6.72. The summed E-state index contributed by atoms with van der Waals surface area (Å²) in [5.74, 6) is -0.813. The van der Waals surface area contributed by atoms with Crippen molar-refractivity contribution in [3.05, 3.63) is 89.0 Å². The highest BCUT2D eigenvalue weighted by atomic mass is 16.5. The van der Waals surface area contributed by atoms with Crippen LogP contribution in [0.25, 0.3) is 5.76 Å². The zero-order chi connectivity index (χ0) is 26.7. The first-order chi connectivity index (χ1) is 17.8. The molecule has 1 heterocycles. The number of ketones is 1. The number of Topliss-reactive ketones (excluding diaryl/α,β-unsaturated/α-hetero) is 1. The van der Waals surface area contributed by atoms with Gasteiger partial charge in [-0.1, -0.05) is 24.3 Å². The molecular weight excluding hydrogens is 468 g/mol. The van der Waals surface area contributed by atoms with E-state index in [0.717, 1.165) is 29.9 Å². The van der Waals surface area contributed by atoms with Crippen LogP contribution in [0.4, 0.5) is 11.4 Å². The minimum atomic E-state index is -0.805. The zero-order valence-corrected chi connectivity index (χ0v) is 21.8. The molecule has 7 heteroatoms. The van der Waals surface area contributed by atoms with Gasteiger partial charge in [0, 0.05) is 30.0 Å². The van der Waals surface area contributed by atoms with E-state index in [1.54, 1.807) is 24.3 Å². The Morgan fingerprint density at radius 3 is 2.19 bits per heavy atom. The third-order valence-electron chi connectivity index (χ3n) is 6.72. The van der Waals surface area contributed by atoms with Gasteiger partial charge in [0.1, 0.15) is 5.76 Å². The first-order valence-electron chi connectivity index (χ1n) is 12.3. The molecule has 0 aliphatic carbocycles. The molecule has 0 radical (unpaired) electrons. The smallest absolute Gasteiger partial charge is 0.300 e. The molecule has 1 saturated heterocycles. The highest BCUT2D eigenvalue weighted by Crippen LogP contribution is 2.43. The highest BCUT2D eigenvalue weighted by Gasteiger charge is 2.47. The van der Waals surface area contributed by atoms with Crippen LogP contribution in [-0.4, -0.2) is 44.1 Å². The number of carbonyl (C=O) groups excluding carboxylic acids is 2. The van der Waals surface area contributed by atoms with Crippen LogP contribution in [0.3, 0.4) is 0 Å². The molecule has 1 N–H and O–H groups in total. The van der Waals surface area contributed by atoms with E-state index in [1.165, 1.54) is 19.1 Å². The Morgan fingerprint density at radius 1 is 0.919 bits per heavy atom. The Hall–Kier alpha value is -4.26. The minimum Gasteiger partial charge on any atom is -0.507 e. The van der Waals surface area contributed by atoms with Crippen LogP contribution in [0.5, 0.6) is 11.5 Å². The molecule has 3 aromatic rings. The van der Waals surface area contributed by atoms with Crippen LogP contribution in [0, 0.1) is 6.92 Å². The second kappa shape index (κ2) is 10.8. The van der Waals surface area contributed by atoms with Crippen LogP contribution >= 0.6 is 0 Å². The highest BCUT2D eigenvalue weighted by molar-refractivity contribution is 6.51. The van der Waals surface area contributed by atoms with Gasteiger partial charge in [0.2, 0.25) is 0 Å². The number of hydrogen-bond acceptors (Lipinski definition) is 6. The number of nitrogens with zero attached hydrogens (tertiary/aromatic N) is 2. The molecule has 0 spiro atoms. The average molecular weight is 501 g/mol. The van der Waals surface area contributed by atoms with Gasteiger partial charge < -0.3 is 19.5 Å². The molecular formula is C30H32N2O5. The lowest BCUT2D eigenvalue weighted by atomic mass is 9.94. The van der Waals surface area contributed by atoms with Crippen molar-refractivity contribution in [2.24, 2.45) is 0 Å². The first-order valence-corrected chi connectivity index (χ1v) is 12.3. The number of ether oxygens (including phenoxy) is 2. The van der Waals surface area contributed by atoms with Crippen molar-refractivity contribution in [3.8, 4) is 11.5 Å². The second-order valence-corrected chi connectivity index (χ2v) is 8.84. The molecule has 3 aromatic carbocycles. The SMILES string of the molecule is CCN(CC)c1ccc(C2/C(=C(/O)c3ccc(OC)c(OC)c3)C(=O)C(=O)N2c2cccc(C)c2)cc1. The number of amides is 1. The summed E-state index contributed by atoms with van der Waals surface area (Å²) in [6.45, 7) is 7.83. The fourth-order valence-corrected chi connectivity index (χ4v) is 4.79. The van der Waals surface area contributed by atoms with Crippen molar-refractivity contribution < 1.29 is 24.2 Å². The predicted octanol–water partition coefficient (Wildman–Crippen LogP) is 5.48. The molecule has 37 heavy (non-hydrogen) atoms. The van der Waals surface area contributed by atoms with E-state index in [4.69, 9.17) is 9.47 Å². The summed E-state index contributed by atoms with van der Waals surface area (Å²) in [5, 5.41) is 11.4. The fraction of sp³-hybridized carbons (Fsp3) is 0.267. The summed E-state index contributed by atoms with van der Waals surface area (Å²) in [5.41, 5.74) is 3.68. The van der Waals surface area contributed by atoms with Crippen molar-refractivity contribution in [1.29, 1.82) is 0 Å². The topological polar surface area (TPSA) is 79.3 Å². The van der Waals surface area contributed by atoms with Crippen molar-refractivity contribution in [2.75, 3.05) is 37.1 Å². The minimum absolute atomic E-state index is 0.0225. The van der Waals surface area contributed by atoms with Crippen molar-refractivity contribution in [2.45, 2.75) is 26.8 Å². The van der Waals surface area contributed by atoms with E-state index in [2.05, 4.69) is 18.7 Å². The third kappa shape index (κ3) is 4.77. The zero-order valence-electron chi connectivity index (χ0n) is 21.8. The van der Waals surface area contributed by atoms with E-state index >= 15 is 0 Å². The van der Waals surface area contributed by atoms with Gasteiger partial charge in [-0.25, -0.2) is 0 Å². The van der Waals surface area contributed by atoms with Gasteiger partial charge in [-0.15, -0.1) is 0 Å². The first kappa shape index (κ1) is 25.8. The summed E-state index contributed by atoms with van der Waals surface area (Å²) in [6, 6.07) is 19.3. The van der Waals surface area contributed by atoms with Gasteiger partial charge in [-0.05, 0) is 74.4 Å². The Labute approximate surface area is 217 Å². The average Bonchev–Trinajstić information content (AvgIpc) is 3.19. The van der Waals surface area contributed by atoms with Gasteiger partial charge in [-0.2, -0.15) is 0 Å². The Bertz CT molecular complexity index is 1340. The van der Waals surface area contributed by atoms with Crippen LogP contribution in [0.2, 0.25) is 0 Å². The van der Waals surface area contributed by atoms with E-state index < -0.39 is 17.7 Å². The Balaban J connectivity index is 1.91. The molecule has 1 aliphatic rings. The number of carbonyl (C=O) groups is 2. The number of rotatable bonds is 8. The number of aryl methyl sites for hydroxylation is 1. The molecule has 0 aromatic heterocycles. The van der Waals surface area contributed by atoms with Gasteiger partial charge in [-0.3, -0.25) is 14.5 Å². The summed E-state index contributed by atoms with van der Waals surface area (Å²) >= 11 is 0.